The lowest BCUT2D eigenvalue weighted by atomic mass is 9.87. The van der Waals surface area contributed by atoms with Gasteiger partial charge in [0.05, 0.1) is 19.3 Å². The van der Waals surface area contributed by atoms with Crippen LogP contribution in [0.1, 0.15) is 36.7 Å². The summed E-state index contributed by atoms with van der Waals surface area (Å²) in [6.45, 7) is 6.18. The average Bonchev–Trinajstić information content (AvgIpc) is 2.59. The SMILES string of the molecule is COc1ccc(C(C)(C)C)cc1NC(=O)CNC(=O)c1ccccc1. The van der Waals surface area contributed by atoms with Crippen LogP contribution < -0.4 is 15.4 Å². The largest absolute Gasteiger partial charge is 0.495 e. The topological polar surface area (TPSA) is 67.4 Å². The monoisotopic (exact) mass is 340 g/mol. The second-order valence-corrected chi connectivity index (χ2v) is 6.76. The minimum atomic E-state index is -0.311. The van der Waals surface area contributed by atoms with E-state index in [-0.39, 0.29) is 23.8 Å². The highest BCUT2D eigenvalue weighted by Crippen LogP contribution is 2.31. The summed E-state index contributed by atoms with van der Waals surface area (Å²) < 4.78 is 5.31. The molecule has 5 nitrogen and oxygen atoms in total. The van der Waals surface area contributed by atoms with Crippen LogP contribution in [0.3, 0.4) is 0 Å². The van der Waals surface area contributed by atoms with E-state index >= 15 is 0 Å². The van der Waals surface area contributed by atoms with Gasteiger partial charge in [-0.05, 0) is 35.2 Å². The summed E-state index contributed by atoms with van der Waals surface area (Å²) in [7, 11) is 1.55. The second-order valence-electron chi connectivity index (χ2n) is 6.76. The summed E-state index contributed by atoms with van der Waals surface area (Å²) in [5.74, 6) is -0.0180. The first-order valence-corrected chi connectivity index (χ1v) is 8.13. The quantitative estimate of drug-likeness (QED) is 0.877. The van der Waals surface area contributed by atoms with Crippen LogP contribution in [-0.4, -0.2) is 25.5 Å². The number of benzene rings is 2. The lowest BCUT2D eigenvalue weighted by molar-refractivity contribution is -0.115. The zero-order valence-electron chi connectivity index (χ0n) is 15.1. The van der Waals surface area contributed by atoms with E-state index in [9.17, 15) is 9.59 Å². The fourth-order valence-electron chi connectivity index (χ4n) is 2.32. The standard InChI is InChI=1S/C20H24N2O3/c1-20(2,3)15-10-11-17(25-4)16(12-15)22-18(23)13-21-19(24)14-8-6-5-7-9-14/h5-12H,13H2,1-4H3,(H,21,24)(H,22,23). The Morgan fingerprint density at radius 3 is 2.32 bits per heavy atom. The normalized spacial score (nSPS) is 10.9. The number of nitrogens with one attached hydrogen (secondary N) is 2. The molecule has 132 valence electrons. The Bertz CT molecular complexity index is 749. The zero-order chi connectivity index (χ0) is 18.4. The van der Waals surface area contributed by atoms with Gasteiger partial charge in [0.15, 0.2) is 0 Å². The molecule has 2 N–H and O–H groups in total. The van der Waals surface area contributed by atoms with Gasteiger partial charge in [0.1, 0.15) is 5.75 Å². The van der Waals surface area contributed by atoms with Crippen LogP contribution in [0.15, 0.2) is 48.5 Å². The van der Waals surface area contributed by atoms with Gasteiger partial charge in [-0.25, -0.2) is 0 Å². The highest BCUT2D eigenvalue weighted by molar-refractivity contribution is 5.99. The Morgan fingerprint density at radius 1 is 1.04 bits per heavy atom. The van der Waals surface area contributed by atoms with E-state index in [1.54, 1.807) is 31.4 Å². The average molecular weight is 340 g/mol. The molecule has 0 atom stereocenters. The third-order valence-electron chi connectivity index (χ3n) is 3.79. The van der Waals surface area contributed by atoms with Crippen LogP contribution in [0, 0.1) is 0 Å². The predicted molar refractivity (Wildman–Crippen MR) is 99.1 cm³/mol. The molecular formula is C20H24N2O3. The lowest BCUT2D eigenvalue weighted by Gasteiger charge is -2.21. The van der Waals surface area contributed by atoms with Gasteiger partial charge in [-0.15, -0.1) is 0 Å². The van der Waals surface area contributed by atoms with Gasteiger partial charge in [-0.1, -0.05) is 45.0 Å². The van der Waals surface area contributed by atoms with Crippen molar-refractivity contribution < 1.29 is 14.3 Å². The van der Waals surface area contributed by atoms with Gasteiger partial charge in [0.25, 0.3) is 5.91 Å². The van der Waals surface area contributed by atoms with E-state index in [2.05, 4.69) is 31.4 Å². The molecule has 25 heavy (non-hydrogen) atoms. The molecular weight excluding hydrogens is 316 g/mol. The summed E-state index contributed by atoms with van der Waals surface area (Å²) >= 11 is 0. The summed E-state index contributed by atoms with van der Waals surface area (Å²) in [5.41, 5.74) is 2.14. The molecule has 0 fully saturated rings. The predicted octanol–water partition coefficient (Wildman–Crippen LogP) is 3.36. The molecule has 5 heteroatoms. The van der Waals surface area contributed by atoms with Gasteiger partial charge in [-0.3, -0.25) is 9.59 Å². The number of carbonyl (C=O) groups is 2. The minimum Gasteiger partial charge on any atom is -0.495 e. The zero-order valence-corrected chi connectivity index (χ0v) is 15.1. The minimum absolute atomic E-state index is 0.0483. The van der Waals surface area contributed by atoms with Gasteiger partial charge < -0.3 is 15.4 Å². The maximum atomic E-state index is 12.2. The third kappa shape index (κ3) is 5.08. The molecule has 0 saturated heterocycles. The third-order valence-corrected chi connectivity index (χ3v) is 3.79. The van der Waals surface area contributed by atoms with Crippen molar-refractivity contribution in [2.24, 2.45) is 0 Å². The lowest BCUT2D eigenvalue weighted by Crippen LogP contribution is -2.33. The fourth-order valence-corrected chi connectivity index (χ4v) is 2.32. The molecule has 2 rings (SSSR count). The molecule has 2 amide bonds. The van der Waals surface area contributed by atoms with Crippen molar-refractivity contribution in [1.82, 2.24) is 5.32 Å². The molecule has 0 radical (unpaired) electrons. The number of methoxy groups -OCH3 is 1. The summed E-state index contributed by atoms with van der Waals surface area (Å²) in [6.07, 6.45) is 0. The first-order chi connectivity index (χ1) is 11.8. The summed E-state index contributed by atoms with van der Waals surface area (Å²) in [6, 6.07) is 14.5. The van der Waals surface area contributed by atoms with Gasteiger partial charge in [0, 0.05) is 5.56 Å². The van der Waals surface area contributed by atoms with Crippen molar-refractivity contribution in [3.8, 4) is 5.75 Å². The number of hydrogen-bond donors (Lipinski definition) is 2. The van der Waals surface area contributed by atoms with Crippen molar-refractivity contribution in [3.05, 3.63) is 59.7 Å². The van der Waals surface area contributed by atoms with Crippen molar-refractivity contribution in [1.29, 1.82) is 0 Å². The molecule has 0 heterocycles. The number of ether oxygens (including phenoxy) is 1. The molecule has 0 saturated carbocycles. The fraction of sp³-hybridized carbons (Fsp3) is 0.300. The first-order valence-electron chi connectivity index (χ1n) is 8.13. The maximum absolute atomic E-state index is 12.2. The molecule has 0 aliphatic rings. The Morgan fingerprint density at radius 2 is 1.72 bits per heavy atom. The van der Waals surface area contributed by atoms with Crippen LogP contribution in [-0.2, 0) is 10.2 Å². The molecule has 0 bridgehead atoms. The van der Waals surface area contributed by atoms with Crippen LogP contribution >= 0.6 is 0 Å². The van der Waals surface area contributed by atoms with Crippen molar-refractivity contribution in [2.45, 2.75) is 26.2 Å². The van der Waals surface area contributed by atoms with Crippen LogP contribution in [0.25, 0.3) is 0 Å². The van der Waals surface area contributed by atoms with Crippen LogP contribution in [0.2, 0.25) is 0 Å². The molecule has 0 unspecified atom stereocenters. The Balaban J connectivity index is 2.03. The first kappa shape index (κ1) is 18.5. The summed E-state index contributed by atoms with van der Waals surface area (Å²) in [5, 5.41) is 5.41. The Hall–Kier alpha value is -2.82. The number of amides is 2. The molecule has 2 aromatic rings. The van der Waals surface area contributed by atoms with Crippen molar-refractivity contribution in [3.63, 3.8) is 0 Å². The van der Waals surface area contributed by atoms with Gasteiger partial charge in [-0.2, -0.15) is 0 Å². The highest BCUT2D eigenvalue weighted by Gasteiger charge is 2.17. The van der Waals surface area contributed by atoms with E-state index in [1.807, 2.05) is 24.3 Å². The molecule has 0 aliphatic carbocycles. The molecule has 2 aromatic carbocycles. The van der Waals surface area contributed by atoms with Gasteiger partial charge >= 0.3 is 0 Å². The van der Waals surface area contributed by atoms with Crippen molar-refractivity contribution in [2.75, 3.05) is 19.0 Å². The maximum Gasteiger partial charge on any atom is 0.251 e. The van der Waals surface area contributed by atoms with Crippen molar-refractivity contribution >= 4 is 17.5 Å². The highest BCUT2D eigenvalue weighted by atomic mass is 16.5. The number of anilines is 1. The van der Waals surface area contributed by atoms with Crippen LogP contribution in [0.5, 0.6) is 5.75 Å². The van der Waals surface area contributed by atoms with Crippen LogP contribution in [0.4, 0.5) is 5.69 Å². The number of hydrogen-bond acceptors (Lipinski definition) is 3. The number of rotatable bonds is 5. The molecule has 0 aliphatic heterocycles. The number of carbonyl (C=O) groups excluding carboxylic acids is 2. The summed E-state index contributed by atoms with van der Waals surface area (Å²) in [4.78, 5) is 24.2. The van der Waals surface area contributed by atoms with E-state index in [1.165, 1.54) is 0 Å². The second kappa shape index (κ2) is 7.83. The molecule has 0 aromatic heterocycles. The molecule has 0 spiro atoms. The van der Waals surface area contributed by atoms with Gasteiger partial charge in [0.2, 0.25) is 5.91 Å². The smallest absolute Gasteiger partial charge is 0.251 e. The van der Waals surface area contributed by atoms with E-state index in [0.29, 0.717) is 17.0 Å². The van der Waals surface area contributed by atoms with E-state index in [0.717, 1.165) is 5.56 Å². The Kier molecular flexibility index (Phi) is 5.80. The van der Waals surface area contributed by atoms with E-state index in [4.69, 9.17) is 4.74 Å². The Labute approximate surface area is 148 Å². The van der Waals surface area contributed by atoms with E-state index < -0.39 is 0 Å².